The van der Waals surface area contributed by atoms with Crippen LogP contribution in [0.2, 0.25) is 0 Å². The minimum Gasteiger partial charge on any atom is -0.129 e. The van der Waals surface area contributed by atoms with Gasteiger partial charge in [-0.1, -0.05) is 30.3 Å². The molecule has 1 saturated carbocycles. The highest BCUT2D eigenvalue weighted by Gasteiger charge is 2.48. The molecule has 1 aromatic carbocycles. The maximum atomic E-state index is 2.93. The number of benzene rings is 1. The van der Waals surface area contributed by atoms with E-state index in [9.17, 15) is 0 Å². The van der Waals surface area contributed by atoms with E-state index in [2.05, 4.69) is 48.8 Å². The van der Waals surface area contributed by atoms with Gasteiger partial charge in [-0.15, -0.1) is 9.24 Å². The fraction of sp³-hybridized carbons (Fsp3) is 0.333. The summed E-state index contributed by atoms with van der Waals surface area (Å²) in [5.41, 5.74) is 3.23. The summed E-state index contributed by atoms with van der Waals surface area (Å²) in [5.74, 6) is 0.819. The van der Waals surface area contributed by atoms with Crippen LogP contribution in [0.1, 0.15) is 11.5 Å². The van der Waals surface area contributed by atoms with Gasteiger partial charge in [-0.05, 0) is 14.8 Å². The Morgan fingerprint density at radius 3 is 2.18 bits per heavy atom. The maximum absolute atomic E-state index is 2.93. The molecule has 2 heteroatoms. The topological polar surface area (TPSA) is 0 Å². The minimum absolute atomic E-state index is 0.819. The first-order valence-corrected chi connectivity index (χ1v) is 5.42. The molecule has 58 valence electrons. The molecule has 1 aliphatic carbocycles. The van der Waals surface area contributed by atoms with Gasteiger partial charge in [0, 0.05) is 11.6 Å². The van der Waals surface area contributed by atoms with Gasteiger partial charge in [0.25, 0.3) is 0 Å². The van der Waals surface area contributed by atoms with Crippen LogP contribution in [0.15, 0.2) is 30.3 Å². The SMILES string of the molecule is PC1C([PH3+])C1c1ccccc1. The van der Waals surface area contributed by atoms with Crippen LogP contribution in [0.3, 0.4) is 0 Å². The van der Waals surface area contributed by atoms with E-state index in [0.717, 1.165) is 17.2 Å². The van der Waals surface area contributed by atoms with Gasteiger partial charge in [-0.25, -0.2) is 0 Å². The quantitative estimate of drug-likeness (QED) is 0.584. The van der Waals surface area contributed by atoms with Crippen LogP contribution < -0.4 is 0 Å². The summed E-state index contributed by atoms with van der Waals surface area (Å²) in [6, 6.07) is 10.8. The third-order valence-electron chi connectivity index (χ3n) is 2.41. The average Bonchev–Trinajstić information content (AvgIpc) is 2.62. The average molecular weight is 183 g/mol. The summed E-state index contributed by atoms with van der Waals surface area (Å²) < 4.78 is 0. The highest BCUT2D eigenvalue weighted by Crippen LogP contribution is 2.51. The Morgan fingerprint density at radius 1 is 1.18 bits per heavy atom. The lowest BCUT2D eigenvalue weighted by molar-refractivity contribution is 1.14. The van der Waals surface area contributed by atoms with Crippen LogP contribution in [-0.2, 0) is 0 Å². The second-order valence-corrected chi connectivity index (χ2v) is 4.89. The van der Waals surface area contributed by atoms with Crippen molar-refractivity contribution in [3.8, 4) is 0 Å². The van der Waals surface area contributed by atoms with E-state index in [4.69, 9.17) is 0 Å². The Bertz CT molecular complexity index is 237. The second kappa shape index (κ2) is 2.85. The van der Waals surface area contributed by atoms with Crippen LogP contribution in [0.25, 0.3) is 0 Å². The lowest BCUT2D eigenvalue weighted by Crippen LogP contribution is -1.79. The van der Waals surface area contributed by atoms with E-state index < -0.39 is 0 Å². The highest BCUT2D eigenvalue weighted by molar-refractivity contribution is 7.25. The summed E-state index contributed by atoms with van der Waals surface area (Å²) in [5, 5.41) is 0. The van der Waals surface area contributed by atoms with Crippen LogP contribution in [-0.4, -0.2) is 11.3 Å². The summed E-state index contributed by atoms with van der Waals surface area (Å²) in [7, 11) is 5.05. The van der Waals surface area contributed by atoms with Gasteiger partial charge >= 0.3 is 0 Å². The van der Waals surface area contributed by atoms with Gasteiger partial charge in [0.05, 0.1) is 5.66 Å². The summed E-state index contributed by atoms with van der Waals surface area (Å²) in [4.78, 5) is 0. The first-order valence-electron chi connectivity index (χ1n) is 3.94. The van der Waals surface area contributed by atoms with Gasteiger partial charge < -0.3 is 0 Å². The number of hydrogen-bond acceptors (Lipinski definition) is 0. The Hall–Kier alpha value is 0.0800. The third-order valence-corrected chi connectivity index (χ3v) is 4.92. The largest absolute Gasteiger partial charge is 0.129 e. The van der Waals surface area contributed by atoms with Crippen molar-refractivity contribution in [2.24, 2.45) is 0 Å². The molecule has 11 heavy (non-hydrogen) atoms. The Kier molecular flexibility index (Phi) is 2.00. The lowest BCUT2D eigenvalue weighted by atomic mass is 10.1. The van der Waals surface area contributed by atoms with Crippen LogP contribution >= 0.6 is 18.5 Å². The molecule has 0 nitrogen and oxygen atoms in total. The minimum atomic E-state index is 0.819. The van der Waals surface area contributed by atoms with Crippen molar-refractivity contribution in [3.05, 3.63) is 35.9 Å². The third kappa shape index (κ3) is 1.35. The zero-order valence-electron chi connectivity index (χ0n) is 6.40. The molecular formula is C9H13P2+. The first kappa shape index (κ1) is 7.71. The van der Waals surface area contributed by atoms with Crippen LogP contribution in [0.5, 0.6) is 0 Å². The molecule has 2 rings (SSSR count). The van der Waals surface area contributed by atoms with Gasteiger partial charge in [0.2, 0.25) is 0 Å². The predicted molar refractivity (Wildman–Crippen MR) is 57.6 cm³/mol. The Balaban J connectivity index is 2.20. The molecule has 0 saturated heterocycles. The Morgan fingerprint density at radius 2 is 1.73 bits per heavy atom. The highest BCUT2D eigenvalue weighted by atomic mass is 31.0. The molecule has 0 bridgehead atoms. The van der Waals surface area contributed by atoms with Crippen molar-refractivity contribution in [1.82, 2.24) is 0 Å². The molecule has 0 spiro atoms. The van der Waals surface area contributed by atoms with Crippen molar-refractivity contribution in [1.29, 1.82) is 0 Å². The van der Waals surface area contributed by atoms with Crippen molar-refractivity contribution >= 4 is 18.5 Å². The van der Waals surface area contributed by atoms with E-state index in [1.807, 2.05) is 0 Å². The molecule has 5 unspecified atom stereocenters. The molecule has 0 aromatic heterocycles. The summed E-state index contributed by atoms with van der Waals surface area (Å²) >= 11 is 0. The second-order valence-electron chi connectivity index (χ2n) is 3.18. The standard InChI is InChI=1S/C9H12P2/c10-8-7(9(8)11)6-4-2-1-3-5-6/h1-5,7-9H,10-11H2/p+1. The number of hydrogen-bond donors (Lipinski definition) is 0. The fourth-order valence-electron chi connectivity index (χ4n) is 1.55. The van der Waals surface area contributed by atoms with Gasteiger partial charge in [-0.3, -0.25) is 0 Å². The van der Waals surface area contributed by atoms with Gasteiger partial charge in [0.1, 0.15) is 0 Å². The number of rotatable bonds is 1. The summed E-state index contributed by atoms with van der Waals surface area (Å²) in [6.45, 7) is 0. The normalized spacial score (nSPS) is 35.5. The molecule has 1 aliphatic rings. The van der Waals surface area contributed by atoms with Crippen molar-refractivity contribution in [3.63, 3.8) is 0 Å². The smallest absolute Gasteiger partial charge is 0.0774 e. The molecule has 1 aromatic rings. The molecule has 0 heterocycles. The zero-order valence-corrected chi connectivity index (χ0v) is 8.97. The van der Waals surface area contributed by atoms with Crippen molar-refractivity contribution < 1.29 is 0 Å². The molecule has 0 amide bonds. The van der Waals surface area contributed by atoms with Crippen LogP contribution in [0.4, 0.5) is 0 Å². The van der Waals surface area contributed by atoms with E-state index in [-0.39, 0.29) is 0 Å². The predicted octanol–water partition coefficient (Wildman–Crippen LogP) is 2.00. The maximum Gasteiger partial charge on any atom is 0.0774 e. The van der Waals surface area contributed by atoms with Crippen molar-refractivity contribution in [2.45, 2.75) is 17.2 Å². The molecule has 1 fully saturated rings. The van der Waals surface area contributed by atoms with E-state index in [0.29, 0.717) is 0 Å². The van der Waals surface area contributed by atoms with E-state index in [1.165, 1.54) is 5.56 Å². The van der Waals surface area contributed by atoms with E-state index >= 15 is 0 Å². The fourth-order valence-corrected chi connectivity index (χ4v) is 3.20. The molecule has 0 radical (unpaired) electrons. The van der Waals surface area contributed by atoms with Crippen molar-refractivity contribution in [2.75, 3.05) is 0 Å². The summed E-state index contributed by atoms with van der Waals surface area (Å²) in [6.07, 6.45) is 0. The van der Waals surface area contributed by atoms with Gasteiger partial charge in [0.15, 0.2) is 0 Å². The lowest BCUT2D eigenvalue weighted by Gasteiger charge is -1.93. The van der Waals surface area contributed by atoms with Crippen LogP contribution in [0, 0.1) is 0 Å². The molecule has 5 atom stereocenters. The van der Waals surface area contributed by atoms with E-state index in [1.54, 1.807) is 0 Å². The molecule has 0 aliphatic heterocycles. The molecular weight excluding hydrogens is 170 g/mol. The molecule has 0 N–H and O–H groups in total. The monoisotopic (exact) mass is 183 g/mol. The Labute approximate surface area is 72.2 Å². The van der Waals surface area contributed by atoms with Gasteiger partial charge in [-0.2, -0.15) is 0 Å². The zero-order chi connectivity index (χ0) is 7.84. The first-order chi connectivity index (χ1) is 5.30.